The summed E-state index contributed by atoms with van der Waals surface area (Å²) in [5.74, 6) is 1.61. The molecule has 5 aromatic carbocycles. The van der Waals surface area contributed by atoms with Crippen molar-refractivity contribution in [3.8, 4) is 33.6 Å². The number of hydrogen-bond donors (Lipinski definition) is 2. The summed E-state index contributed by atoms with van der Waals surface area (Å²) in [6.45, 7) is 3.36. The molecule has 2 amide bonds. The molecule has 9 nitrogen and oxygen atoms in total. The van der Waals surface area contributed by atoms with Crippen molar-refractivity contribution in [1.82, 2.24) is 34.6 Å². The summed E-state index contributed by atoms with van der Waals surface area (Å²) in [6.07, 6.45) is 11.0. The molecule has 0 bridgehead atoms. The van der Waals surface area contributed by atoms with Crippen LogP contribution in [0.5, 0.6) is 0 Å². The van der Waals surface area contributed by atoms with Gasteiger partial charge in [0.05, 0.1) is 41.8 Å². The molecule has 0 saturated carbocycles. The summed E-state index contributed by atoms with van der Waals surface area (Å²) in [5, 5.41) is 0. The van der Waals surface area contributed by atoms with Gasteiger partial charge in [-0.15, -0.1) is 0 Å². The standard InChI is InChI=1S/C53H53N7O2/c61-52(48(41-15-5-1-6-16-41)42-17-7-2-8-18-42)59-33-13-21-46(59)50-54-35-44(56-50)39-27-23-37(24-28-39)38-25-29-40(30-26-38)45-36-55-51(57-45)47-22-14-34-60(47)53(62)49(43-19-9-3-10-20-43)58-31-11-4-12-32-58/h1-3,5-10,15-20,23-30,35-36,46-49H,4,11-14,21-22,31-34H2,(H,54,56)(H,55,57)/t46-,47-,49+/m0/s1. The van der Waals surface area contributed by atoms with Crippen LogP contribution in [0, 0.1) is 0 Å². The number of hydrogen-bond acceptors (Lipinski definition) is 5. The van der Waals surface area contributed by atoms with Gasteiger partial charge in [0.15, 0.2) is 0 Å². The first kappa shape index (κ1) is 39.5. The van der Waals surface area contributed by atoms with Gasteiger partial charge in [-0.2, -0.15) is 0 Å². The Labute approximate surface area is 363 Å². The van der Waals surface area contributed by atoms with Gasteiger partial charge in [-0.25, -0.2) is 9.97 Å². The van der Waals surface area contributed by atoms with Gasteiger partial charge in [0, 0.05) is 13.1 Å². The van der Waals surface area contributed by atoms with Gasteiger partial charge in [0.1, 0.15) is 17.7 Å². The number of piperidine rings is 1. The molecule has 3 aliphatic heterocycles. The van der Waals surface area contributed by atoms with Crippen LogP contribution >= 0.6 is 0 Å². The maximum Gasteiger partial charge on any atom is 0.245 e. The van der Waals surface area contributed by atoms with Crippen LogP contribution in [0.1, 0.15) is 97.3 Å². The Balaban J connectivity index is 0.810. The summed E-state index contributed by atoms with van der Waals surface area (Å²) in [4.78, 5) is 52.1. The molecule has 10 rings (SSSR count). The Morgan fingerprint density at radius 2 is 0.887 bits per heavy atom. The molecular weight excluding hydrogens is 767 g/mol. The number of carbonyl (C=O) groups excluding carboxylic acids is 2. The third kappa shape index (κ3) is 8.00. The SMILES string of the molecule is O=C(C(c1ccccc1)c1ccccc1)N1CCC[C@H]1c1ncc(-c2ccc(-c3ccc(-c4cnc([C@@H]5CCCN5C(=O)[C@@H](c5ccccc5)N5CCCCC5)[nH]4)cc3)cc2)[nH]1. The number of nitrogens with one attached hydrogen (secondary N) is 2. The average Bonchev–Trinajstić information content (AvgIpc) is 4.19. The van der Waals surface area contributed by atoms with Crippen molar-refractivity contribution >= 4 is 11.8 Å². The zero-order chi connectivity index (χ0) is 41.8. The number of benzene rings is 5. The van der Waals surface area contributed by atoms with Gasteiger partial charge in [0.2, 0.25) is 11.8 Å². The van der Waals surface area contributed by atoms with Crippen LogP contribution in [0.3, 0.4) is 0 Å². The highest BCUT2D eigenvalue weighted by Gasteiger charge is 2.39. The van der Waals surface area contributed by atoms with Gasteiger partial charge in [-0.3, -0.25) is 14.5 Å². The van der Waals surface area contributed by atoms with Crippen LogP contribution < -0.4 is 0 Å². The van der Waals surface area contributed by atoms with Crippen LogP contribution in [0.25, 0.3) is 33.6 Å². The van der Waals surface area contributed by atoms with E-state index in [-0.39, 0.29) is 35.9 Å². The number of aromatic amines is 2. The van der Waals surface area contributed by atoms with Crippen LogP contribution in [0.4, 0.5) is 0 Å². The highest BCUT2D eigenvalue weighted by molar-refractivity contribution is 5.88. The molecule has 0 radical (unpaired) electrons. The molecule has 0 aliphatic carbocycles. The van der Waals surface area contributed by atoms with Gasteiger partial charge in [-0.05, 0) is 90.6 Å². The minimum Gasteiger partial charge on any atom is -0.340 e. The van der Waals surface area contributed by atoms with E-state index in [1.165, 1.54) is 6.42 Å². The summed E-state index contributed by atoms with van der Waals surface area (Å²) in [6, 6.07) is 47.2. The molecular formula is C53H53N7O2. The first-order chi connectivity index (χ1) is 30.6. The van der Waals surface area contributed by atoms with E-state index in [9.17, 15) is 9.59 Å². The molecule has 5 heterocycles. The molecule has 3 atom stereocenters. The Morgan fingerprint density at radius 3 is 1.35 bits per heavy atom. The molecule has 62 heavy (non-hydrogen) atoms. The van der Waals surface area contributed by atoms with Crippen LogP contribution in [0.15, 0.2) is 152 Å². The molecule has 2 N–H and O–H groups in total. The lowest BCUT2D eigenvalue weighted by molar-refractivity contribution is -0.139. The number of likely N-dealkylation sites (tertiary alicyclic amines) is 3. The highest BCUT2D eigenvalue weighted by atomic mass is 16.2. The normalized spacial score (nSPS) is 18.7. The predicted octanol–water partition coefficient (Wildman–Crippen LogP) is 10.5. The fourth-order valence-electron chi connectivity index (χ4n) is 10.0. The fraction of sp³-hybridized carbons (Fsp3) is 0.283. The van der Waals surface area contributed by atoms with E-state index < -0.39 is 0 Å². The largest absolute Gasteiger partial charge is 0.340 e. The van der Waals surface area contributed by atoms with Crippen molar-refractivity contribution in [2.75, 3.05) is 26.2 Å². The molecule has 3 fully saturated rings. The first-order valence-corrected chi connectivity index (χ1v) is 22.4. The zero-order valence-corrected chi connectivity index (χ0v) is 35.1. The number of nitrogens with zero attached hydrogens (tertiary/aromatic N) is 5. The van der Waals surface area contributed by atoms with Gasteiger partial charge in [0.25, 0.3) is 0 Å². The molecule has 0 spiro atoms. The highest BCUT2D eigenvalue weighted by Crippen LogP contribution is 2.39. The van der Waals surface area contributed by atoms with Gasteiger partial charge < -0.3 is 19.8 Å². The predicted molar refractivity (Wildman–Crippen MR) is 244 cm³/mol. The number of amides is 2. The van der Waals surface area contributed by atoms with E-state index in [4.69, 9.17) is 9.97 Å². The quantitative estimate of drug-likeness (QED) is 0.135. The van der Waals surface area contributed by atoms with Gasteiger partial charge in [-0.1, -0.05) is 146 Å². The second-order valence-corrected chi connectivity index (χ2v) is 17.1. The fourth-order valence-corrected chi connectivity index (χ4v) is 10.0. The molecule has 0 unspecified atom stereocenters. The second-order valence-electron chi connectivity index (χ2n) is 17.1. The lowest BCUT2D eigenvalue weighted by atomic mass is 9.90. The zero-order valence-electron chi connectivity index (χ0n) is 35.1. The molecule has 2 aromatic heterocycles. The third-order valence-electron chi connectivity index (χ3n) is 13.2. The van der Waals surface area contributed by atoms with E-state index in [0.717, 1.165) is 120 Å². The summed E-state index contributed by atoms with van der Waals surface area (Å²) in [7, 11) is 0. The molecule has 3 aliphatic rings. The maximum atomic E-state index is 14.4. The number of imidazole rings is 2. The van der Waals surface area contributed by atoms with E-state index in [2.05, 4.69) is 80.4 Å². The van der Waals surface area contributed by atoms with Crippen LogP contribution in [-0.2, 0) is 9.59 Å². The van der Waals surface area contributed by atoms with Crippen molar-refractivity contribution in [3.05, 3.63) is 180 Å². The van der Waals surface area contributed by atoms with Crippen LogP contribution in [0.2, 0.25) is 0 Å². The van der Waals surface area contributed by atoms with Gasteiger partial charge >= 0.3 is 0 Å². The monoisotopic (exact) mass is 819 g/mol. The molecule has 7 aromatic rings. The summed E-state index contributed by atoms with van der Waals surface area (Å²) >= 11 is 0. The Bertz CT molecular complexity index is 2540. The lowest BCUT2D eigenvalue weighted by Crippen LogP contribution is -2.44. The number of H-pyrrole nitrogens is 2. The topological polar surface area (TPSA) is 101 Å². The number of rotatable bonds is 11. The maximum absolute atomic E-state index is 14.4. The molecule has 312 valence electrons. The first-order valence-electron chi connectivity index (χ1n) is 22.4. The van der Waals surface area contributed by atoms with Crippen molar-refractivity contribution in [2.45, 2.75) is 69.0 Å². The number of carbonyl (C=O) groups is 2. The minimum absolute atomic E-state index is 0.0674. The Hall–Kier alpha value is -6.58. The van der Waals surface area contributed by atoms with E-state index >= 15 is 0 Å². The van der Waals surface area contributed by atoms with E-state index in [1.807, 2.05) is 96.2 Å². The summed E-state index contributed by atoms with van der Waals surface area (Å²) in [5.41, 5.74) is 9.30. The third-order valence-corrected chi connectivity index (χ3v) is 13.2. The van der Waals surface area contributed by atoms with E-state index in [1.54, 1.807) is 0 Å². The van der Waals surface area contributed by atoms with Crippen molar-refractivity contribution in [1.29, 1.82) is 0 Å². The Kier molecular flexibility index (Phi) is 11.4. The minimum atomic E-state index is -0.367. The van der Waals surface area contributed by atoms with E-state index in [0.29, 0.717) is 6.54 Å². The van der Waals surface area contributed by atoms with Crippen molar-refractivity contribution in [2.24, 2.45) is 0 Å². The van der Waals surface area contributed by atoms with Crippen molar-refractivity contribution in [3.63, 3.8) is 0 Å². The molecule has 9 heteroatoms. The second kappa shape index (κ2) is 17.8. The number of aromatic nitrogens is 4. The van der Waals surface area contributed by atoms with Crippen molar-refractivity contribution < 1.29 is 9.59 Å². The Morgan fingerprint density at radius 1 is 0.468 bits per heavy atom. The molecule has 3 saturated heterocycles. The summed E-state index contributed by atoms with van der Waals surface area (Å²) < 4.78 is 0. The van der Waals surface area contributed by atoms with Crippen LogP contribution in [-0.4, -0.2) is 72.6 Å². The lowest BCUT2D eigenvalue weighted by Gasteiger charge is -2.37. The average molecular weight is 820 g/mol. The smallest absolute Gasteiger partial charge is 0.245 e.